The summed E-state index contributed by atoms with van der Waals surface area (Å²) in [7, 11) is 0. The molecule has 3 aliphatic heterocycles. The van der Waals surface area contributed by atoms with Crippen LogP contribution in [0, 0.1) is 0 Å². The van der Waals surface area contributed by atoms with Crippen LogP contribution in [0.5, 0.6) is 0 Å². The van der Waals surface area contributed by atoms with Crippen molar-refractivity contribution in [3.05, 3.63) is 0 Å². The van der Waals surface area contributed by atoms with Crippen molar-refractivity contribution >= 4 is 12.0 Å². The van der Waals surface area contributed by atoms with Crippen LogP contribution in [0.15, 0.2) is 0 Å². The fraction of sp³-hybridized carbons (Fsp3) is 0.818. The molecule has 5 nitrogen and oxygen atoms in total. The monoisotopic (exact) mass is 226 g/mol. The van der Waals surface area contributed by atoms with Gasteiger partial charge in [0.1, 0.15) is 0 Å². The highest BCUT2D eigenvalue weighted by atomic mass is 16.6. The van der Waals surface area contributed by atoms with E-state index in [1.54, 1.807) is 11.8 Å². The summed E-state index contributed by atoms with van der Waals surface area (Å²) < 4.78 is 5.04. The zero-order valence-electron chi connectivity index (χ0n) is 9.73. The predicted molar refractivity (Wildman–Crippen MR) is 57.9 cm³/mol. The Kier molecular flexibility index (Phi) is 3.03. The number of fused-ring (bicyclic) bond motifs is 4. The zero-order chi connectivity index (χ0) is 11.7. The van der Waals surface area contributed by atoms with E-state index in [-0.39, 0.29) is 30.1 Å². The van der Waals surface area contributed by atoms with E-state index in [9.17, 15) is 9.59 Å². The number of piperidine rings is 1. The molecule has 1 N–H and O–H groups in total. The van der Waals surface area contributed by atoms with Crippen LogP contribution in [-0.2, 0) is 9.53 Å². The fourth-order valence-corrected chi connectivity index (χ4v) is 2.66. The van der Waals surface area contributed by atoms with Crippen LogP contribution in [0.1, 0.15) is 33.1 Å². The maximum atomic E-state index is 11.8. The first-order chi connectivity index (χ1) is 7.63. The van der Waals surface area contributed by atoms with Crippen molar-refractivity contribution in [2.75, 3.05) is 6.61 Å². The van der Waals surface area contributed by atoms with Gasteiger partial charge in [-0.05, 0) is 26.7 Å². The Morgan fingerprint density at radius 3 is 3.00 bits per heavy atom. The van der Waals surface area contributed by atoms with Crippen LogP contribution < -0.4 is 5.32 Å². The molecule has 5 heteroatoms. The van der Waals surface area contributed by atoms with Crippen molar-refractivity contribution in [2.45, 2.75) is 51.2 Å². The Balaban J connectivity index is 2.18. The van der Waals surface area contributed by atoms with Gasteiger partial charge in [-0.1, -0.05) is 0 Å². The van der Waals surface area contributed by atoms with Gasteiger partial charge in [-0.25, -0.2) is 4.79 Å². The van der Waals surface area contributed by atoms with Gasteiger partial charge in [0.2, 0.25) is 5.91 Å². The lowest BCUT2D eigenvalue weighted by Crippen LogP contribution is -2.55. The average molecular weight is 226 g/mol. The first-order valence-electron chi connectivity index (χ1n) is 5.88. The van der Waals surface area contributed by atoms with Crippen LogP contribution in [0.3, 0.4) is 0 Å². The first kappa shape index (κ1) is 11.2. The lowest BCUT2D eigenvalue weighted by molar-refractivity contribution is -0.121. The van der Waals surface area contributed by atoms with Crippen molar-refractivity contribution in [1.29, 1.82) is 0 Å². The average Bonchev–Trinajstić information content (AvgIpc) is 2.46. The van der Waals surface area contributed by atoms with Crippen molar-refractivity contribution in [3.8, 4) is 0 Å². The summed E-state index contributed by atoms with van der Waals surface area (Å²) >= 11 is 0. The minimum Gasteiger partial charge on any atom is -0.450 e. The SMILES string of the molecule is CCOC(=O)N1[C@@H]2CC[C@@H](NC(=O)C2)[C@@H]1C. The van der Waals surface area contributed by atoms with Crippen molar-refractivity contribution in [2.24, 2.45) is 0 Å². The molecule has 3 heterocycles. The maximum Gasteiger partial charge on any atom is 0.410 e. The molecule has 3 atom stereocenters. The third kappa shape index (κ3) is 1.86. The summed E-state index contributed by atoms with van der Waals surface area (Å²) in [5.41, 5.74) is 0. The molecule has 0 aliphatic carbocycles. The second-order valence-electron chi connectivity index (χ2n) is 4.46. The van der Waals surface area contributed by atoms with E-state index in [2.05, 4.69) is 5.32 Å². The van der Waals surface area contributed by atoms with Gasteiger partial charge in [0.05, 0.1) is 12.6 Å². The van der Waals surface area contributed by atoms with E-state index < -0.39 is 0 Å². The van der Waals surface area contributed by atoms with Gasteiger partial charge < -0.3 is 10.1 Å². The summed E-state index contributed by atoms with van der Waals surface area (Å²) in [6.45, 7) is 4.14. The molecule has 0 saturated carbocycles. The minimum atomic E-state index is -0.291. The van der Waals surface area contributed by atoms with Crippen LogP contribution in [-0.4, -0.2) is 41.6 Å². The Morgan fingerprint density at radius 1 is 1.56 bits per heavy atom. The second-order valence-corrected chi connectivity index (χ2v) is 4.46. The molecule has 0 aromatic heterocycles. The Hall–Kier alpha value is -1.26. The Morgan fingerprint density at radius 2 is 2.31 bits per heavy atom. The maximum absolute atomic E-state index is 11.8. The standard InChI is InChI=1S/C11H18N2O3/c1-3-16-11(15)13-7(2)9-5-4-8(13)6-10(14)12-9/h7-9H,3-6H2,1-2H3,(H,12,14)/t7-,8+,9+/m0/s1. The molecule has 0 aromatic rings. The van der Waals surface area contributed by atoms with Crippen LogP contribution in [0.25, 0.3) is 0 Å². The van der Waals surface area contributed by atoms with Gasteiger partial charge >= 0.3 is 6.09 Å². The summed E-state index contributed by atoms with van der Waals surface area (Å²) in [6, 6.07) is 0.118. The number of nitrogens with one attached hydrogen (secondary N) is 1. The molecule has 2 bridgehead atoms. The quantitative estimate of drug-likeness (QED) is 0.722. The highest BCUT2D eigenvalue weighted by molar-refractivity contribution is 5.79. The van der Waals surface area contributed by atoms with Crippen LogP contribution in [0.4, 0.5) is 4.79 Å². The fourth-order valence-electron chi connectivity index (χ4n) is 2.66. The van der Waals surface area contributed by atoms with Crippen molar-refractivity contribution < 1.29 is 14.3 Å². The summed E-state index contributed by atoms with van der Waals surface area (Å²) in [5, 5.41) is 2.96. The summed E-state index contributed by atoms with van der Waals surface area (Å²) in [6.07, 6.45) is 1.95. The molecule has 2 amide bonds. The first-order valence-corrected chi connectivity index (χ1v) is 5.88. The van der Waals surface area contributed by atoms with Crippen molar-refractivity contribution in [1.82, 2.24) is 10.2 Å². The Bertz CT molecular complexity index is 306. The number of rotatable bonds is 1. The summed E-state index contributed by atoms with van der Waals surface area (Å²) in [5.74, 6) is 0.0474. The molecule has 0 radical (unpaired) electrons. The molecule has 0 spiro atoms. The lowest BCUT2D eigenvalue weighted by Gasteiger charge is -2.40. The third-order valence-corrected chi connectivity index (χ3v) is 3.47. The smallest absolute Gasteiger partial charge is 0.410 e. The number of amides is 2. The summed E-state index contributed by atoms with van der Waals surface area (Å²) in [4.78, 5) is 25.1. The van der Waals surface area contributed by atoms with E-state index in [4.69, 9.17) is 4.74 Å². The zero-order valence-corrected chi connectivity index (χ0v) is 9.73. The minimum absolute atomic E-state index is 0.00722. The predicted octanol–water partition coefficient (Wildman–Crippen LogP) is 0.884. The number of hydrogen-bond donors (Lipinski definition) is 1. The van der Waals surface area contributed by atoms with Gasteiger partial charge in [0.25, 0.3) is 0 Å². The molecular formula is C11H18N2O3. The number of carbonyl (C=O) groups is 2. The molecule has 0 unspecified atom stereocenters. The third-order valence-electron chi connectivity index (χ3n) is 3.47. The topological polar surface area (TPSA) is 58.6 Å². The second kappa shape index (κ2) is 4.31. The largest absolute Gasteiger partial charge is 0.450 e. The van der Waals surface area contributed by atoms with E-state index in [1.165, 1.54) is 0 Å². The van der Waals surface area contributed by atoms with Crippen molar-refractivity contribution in [3.63, 3.8) is 0 Å². The number of ether oxygens (including phenoxy) is 1. The van der Waals surface area contributed by atoms with Gasteiger partial charge in [-0.3, -0.25) is 9.69 Å². The van der Waals surface area contributed by atoms with Gasteiger partial charge in [-0.15, -0.1) is 0 Å². The van der Waals surface area contributed by atoms with E-state index in [1.807, 2.05) is 6.92 Å². The van der Waals surface area contributed by atoms with Gasteiger partial charge in [-0.2, -0.15) is 0 Å². The van der Waals surface area contributed by atoms with Gasteiger partial charge in [0.15, 0.2) is 0 Å². The molecule has 3 saturated heterocycles. The van der Waals surface area contributed by atoms with Crippen LogP contribution in [0.2, 0.25) is 0 Å². The van der Waals surface area contributed by atoms with E-state index >= 15 is 0 Å². The number of hydrogen-bond acceptors (Lipinski definition) is 3. The van der Waals surface area contributed by atoms with E-state index in [0.29, 0.717) is 13.0 Å². The van der Waals surface area contributed by atoms with Gasteiger partial charge in [0, 0.05) is 18.5 Å². The number of carbonyl (C=O) groups excluding carboxylic acids is 2. The van der Waals surface area contributed by atoms with Crippen LogP contribution >= 0.6 is 0 Å². The Labute approximate surface area is 95.1 Å². The molecule has 90 valence electrons. The number of nitrogens with zero attached hydrogens (tertiary/aromatic N) is 1. The molecule has 3 aliphatic rings. The molecule has 3 rings (SSSR count). The molecular weight excluding hydrogens is 208 g/mol. The molecule has 3 fully saturated rings. The van der Waals surface area contributed by atoms with E-state index in [0.717, 1.165) is 12.8 Å². The highest BCUT2D eigenvalue weighted by Gasteiger charge is 2.42. The normalized spacial score (nSPS) is 33.2. The lowest BCUT2D eigenvalue weighted by atomic mass is 9.93. The molecule has 0 aromatic carbocycles. The highest BCUT2D eigenvalue weighted by Crippen LogP contribution is 2.29. The molecule has 16 heavy (non-hydrogen) atoms.